The Morgan fingerprint density at radius 2 is 2.29 bits per heavy atom. The quantitative estimate of drug-likeness (QED) is 0.553. The second-order valence-corrected chi connectivity index (χ2v) is 4.58. The van der Waals surface area contributed by atoms with Gasteiger partial charge in [0.15, 0.2) is 0 Å². The summed E-state index contributed by atoms with van der Waals surface area (Å²) < 4.78 is 0. The summed E-state index contributed by atoms with van der Waals surface area (Å²) in [4.78, 5) is 3.09. The van der Waals surface area contributed by atoms with Crippen LogP contribution in [-0.4, -0.2) is 24.0 Å². The van der Waals surface area contributed by atoms with E-state index in [2.05, 4.69) is 36.4 Å². The predicted octanol–water partition coefficient (Wildman–Crippen LogP) is 2.51. The standard InChI is InChI=1S/C11H19ClN2/c1-11(2,9-14-6-3-5-12)10-4-7-13-8-10/h4,7-8,13-14H,3,5-6,9H2,1-2H3. The molecule has 0 bridgehead atoms. The highest BCUT2D eigenvalue weighted by Crippen LogP contribution is 2.21. The Morgan fingerprint density at radius 1 is 1.50 bits per heavy atom. The van der Waals surface area contributed by atoms with Crippen molar-refractivity contribution in [1.29, 1.82) is 0 Å². The van der Waals surface area contributed by atoms with E-state index in [1.165, 1.54) is 5.56 Å². The number of hydrogen-bond acceptors (Lipinski definition) is 1. The smallest absolute Gasteiger partial charge is 0.0235 e. The molecular weight excluding hydrogens is 196 g/mol. The first kappa shape index (κ1) is 11.6. The zero-order valence-corrected chi connectivity index (χ0v) is 9.69. The summed E-state index contributed by atoms with van der Waals surface area (Å²) in [5, 5.41) is 3.42. The lowest BCUT2D eigenvalue weighted by atomic mass is 9.86. The summed E-state index contributed by atoms with van der Waals surface area (Å²) in [6.07, 6.45) is 5.06. The van der Waals surface area contributed by atoms with Crippen LogP contribution in [0.4, 0.5) is 0 Å². The Bertz CT molecular complexity index is 242. The highest BCUT2D eigenvalue weighted by molar-refractivity contribution is 6.17. The zero-order chi connectivity index (χ0) is 10.4. The molecule has 0 radical (unpaired) electrons. The molecule has 0 amide bonds. The van der Waals surface area contributed by atoms with E-state index in [9.17, 15) is 0 Å². The van der Waals surface area contributed by atoms with Crippen molar-refractivity contribution >= 4 is 11.6 Å². The molecule has 1 aromatic heterocycles. The number of rotatable bonds is 6. The van der Waals surface area contributed by atoms with Gasteiger partial charge in [0.1, 0.15) is 0 Å². The molecule has 0 aliphatic carbocycles. The highest BCUT2D eigenvalue weighted by Gasteiger charge is 2.19. The molecule has 1 heterocycles. The summed E-state index contributed by atoms with van der Waals surface area (Å²) in [6, 6.07) is 2.13. The van der Waals surface area contributed by atoms with E-state index in [1.807, 2.05) is 6.20 Å². The Hall–Kier alpha value is -0.470. The van der Waals surface area contributed by atoms with Crippen LogP contribution in [0, 0.1) is 0 Å². The van der Waals surface area contributed by atoms with Gasteiger partial charge in [-0.15, -0.1) is 11.6 Å². The minimum absolute atomic E-state index is 0.187. The van der Waals surface area contributed by atoms with Crippen LogP contribution in [0.5, 0.6) is 0 Å². The third-order valence-electron chi connectivity index (χ3n) is 2.43. The second-order valence-electron chi connectivity index (χ2n) is 4.20. The lowest BCUT2D eigenvalue weighted by Crippen LogP contribution is -2.33. The molecule has 80 valence electrons. The monoisotopic (exact) mass is 214 g/mol. The van der Waals surface area contributed by atoms with Crippen LogP contribution in [-0.2, 0) is 5.41 Å². The molecule has 0 atom stereocenters. The molecule has 14 heavy (non-hydrogen) atoms. The van der Waals surface area contributed by atoms with E-state index in [-0.39, 0.29) is 5.41 Å². The lowest BCUT2D eigenvalue weighted by Gasteiger charge is -2.24. The van der Waals surface area contributed by atoms with Crippen LogP contribution in [0.25, 0.3) is 0 Å². The maximum Gasteiger partial charge on any atom is 0.0235 e. The zero-order valence-electron chi connectivity index (χ0n) is 8.94. The first-order chi connectivity index (χ1) is 6.67. The van der Waals surface area contributed by atoms with Crippen LogP contribution in [0.1, 0.15) is 25.8 Å². The fourth-order valence-electron chi connectivity index (χ4n) is 1.44. The normalized spacial score (nSPS) is 11.9. The van der Waals surface area contributed by atoms with E-state index in [0.717, 1.165) is 25.4 Å². The van der Waals surface area contributed by atoms with Crippen molar-refractivity contribution in [2.75, 3.05) is 19.0 Å². The number of aromatic nitrogens is 1. The average molecular weight is 215 g/mol. The van der Waals surface area contributed by atoms with E-state index in [0.29, 0.717) is 0 Å². The number of alkyl halides is 1. The first-order valence-corrected chi connectivity index (χ1v) is 5.60. The largest absolute Gasteiger partial charge is 0.367 e. The SMILES string of the molecule is CC(C)(CNCCCCl)c1cc[nH]c1. The molecule has 0 saturated carbocycles. The van der Waals surface area contributed by atoms with Crippen molar-refractivity contribution in [1.82, 2.24) is 10.3 Å². The van der Waals surface area contributed by atoms with Crippen molar-refractivity contribution in [2.45, 2.75) is 25.7 Å². The van der Waals surface area contributed by atoms with Gasteiger partial charge >= 0.3 is 0 Å². The van der Waals surface area contributed by atoms with Gasteiger partial charge in [0.2, 0.25) is 0 Å². The van der Waals surface area contributed by atoms with Gasteiger partial charge in [-0.1, -0.05) is 13.8 Å². The molecule has 2 N–H and O–H groups in total. The van der Waals surface area contributed by atoms with Crippen LogP contribution in [0.2, 0.25) is 0 Å². The molecule has 0 unspecified atom stereocenters. The van der Waals surface area contributed by atoms with Gasteiger partial charge in [0.25, 0.3) is 0 Å². The number of aromatic amines is 1. The highest BCUT2D eigenvalue weighted by atomic mass is 35.5. The maximum atomic E-state index is 5.61. The molecule has 0 aromatic carbocycles. The van der Waals surface area contributed by atoms with E-state index in [1.54, 1.807) is 0 Å². The van der Waals surface area contributed by atoms with Crippen LogP contribution >= 0.6 is 11.6 Å². The maximum absolute atomic E-state index is 5.61. The van der Waals surface area contributed by atoms with Gasteiger partial charge in [0, 0.05) is 30.2 Å². The minimum Gasteiger partial charge on any atom is -0.367 e. The summed E-state index contributed by atoms with van der Waals surface area (Å²) >= 11 is 5.61. The van der Waals surface area contributed by atoms with Crippen LogP contribution in [0.15, 0.2) is 18.5 Å². The summed E-state index contributed by atoms with van der Waals surface area (Å²) in [5.74, 6) is 0.734. The minimum atomic E-state index is 0.187. The lowest BCUT2D eigenvalue weighted by molar-refractivity contribution is 0.470. The van der Waals surface area contributed by atoms with Gasteiger partial charge in [-0.25, -0.2) is 0 Å². The fourth-order valence-corrected chi connectivity index (χ4v) is 1.57. The van der Waals surface area contributed by atoms with Gasteiger partial charge in [-0.2, -0.15) is 0 Å². The molecule has 0 saturated heterocycles. The van der Waals surface area contributed by atoms with Gasteiger partial charge < -0.3 is 10.3 Å². The van der Waals surface area contributed by atoms with Gasteiger partial charge in [-0.05, 0) is 24.6 Å². The van der Waals surface area contributed by atoms with E-state index < -0.39 is 0 Å². The van der Waals surface area contributed by atoms with Crippen LogP contribution in [0.3, 0.4) is 0 Å². The topological polar surface area (TPSA) is 27.8 Å². The molecule has 2 nitrogen and oxygen atoms in total. The van der Waals surface area contributed by atoms with Crippen molar-refractivity contribution in [2.24, 2.45) is 0 Å². The Balaban J connectivity index is 2.35. The Kier molecular flexibility index (Phi) is 4.49. The number of H-pyrrole nitrogens is 1. The van der Waals surface area contributed by atoms with Crippen molar-refractivity contribution in [3.8, 4) is 0 Å². The Labute approximate surface area is 91.0 Å². The molecule has 0 fully saturated rings. The number of halogens is 1. The molecule has 0 aliphatic heterocycles. The summed E-state index contributed by atoms with van der Waals surface area (Å²) in [5.41, 5.74) is 1.53. The molecule has 1 rings (SSSR count). The molecule has 0 aliphatic rings. The Morgan fingerprint density at radius 3 is 2.86 bits per heavy atom. The van der Waals surface area contributed by atoms with Crippen LogP contribution < -0.4 is 5.32 Å². The molecule has 1 aromatic rings. The first-order valence-electron chi connectivity index (χ1n) is 5.07. The van der Waals surface area contributed by atoms with Gasteiger partial charge in [-0.3, -0.25) is 0 Å². The van der Waals surface area contributed by atoms with Crippen molar-refractivity contribution < 1.29 is 0 Å². The van der Waals surface area contributed by atoms with Gasteiger partial charge in [0.05, 0.1) is 0 Å². The second kappa shape index (κ2) is 5.42. The van der Waals surface area contributed by atoms with E-state index >= 15 is 0 Å². The van der Waals surface area contributed by atoms with Crippen molar-refractivity contribution in [3.05, 3.63) is 24.0 Å². The third kappa shape index (κ3) is 3.35. The van der Waals surface area contributed by atoms with E-state index in [4.69, 9.17) is 11.6 Å². The fraction of sp³-hybridized carbons (Fsp3) is 0.636. The number of hydrogen-bond donors (Lipinski definition) is 2. The third-order valence-corrected chi connectivity index (χ3v) is 2.70. The summed E-state index contributed by atoms with van der Waals surface area (Å²) in [6.45, 7) is 6.47. The number of nitrogens with one attached hydrogen (secondary N) is 2. The van der Waals surface area contributed by atoms with Crippen molar-refractivity contribution in [3.63, 3.8) is 0 Å². The predicted molar refractivity (Wildman–Crippen MR) is 62.0 cm³/mol. The molecule has 3 heteroatoms. The molecular formula is C11H19ClN2. The average Bonchev–Trinajstić information content (AvgIpc) is 2.65. The molecule has 0 spiro atoms. The summed E-state index contributed by atoms with van der Waals surface area (Å²) in [7, 11) is 0.